The first kappa shape index (κ1) is 9.16. The molecule has 0 heterocycles. The predicted molar refractivity (Wildman–Crippen MR) is 45.0 cm³/mol. The van der Waals surface area contributed by atoms with Gasteiger partial charge in [-0.1, -0.05) is 12.1 Å². The molecule has 0 aromatic heterocycles. The lowest BCUT2D eigenvalue weighted by molar-refractivity contribution is 0.153. The molecule has 12 heavy (non-hydrogen) atoms. The van der Waals surface area contributed by atoms with Gasteiger partial charge >= 0.3 is 0 Å². The number of hydrogen-bond acceptors (Lipinski definition) is 2. The highest BCUT2D eigenvalue weighted by Crippen LogP contribution is 2.15. The second-order valence-electron chi connectivity index (χ2n) is 2.86. The van der Waals surface area contributed by atoms with Crippen molar-refractivity contribution in [3.63, 3.8) is 0 Å². The summed E-state index contributed by atoms with van der Waals surface area (Å²) in [6.45, 7) is 1.68. The van der Waals surface area contributed by atoms with Gasteiger partial charge in [0, 0.05) is 6.04 Å². The Morgan fingerprint density at radius 3 is 2.67 bits per heavy atom. The zero-order chi connectivity index (χ0) is 9.14. The normalized spacial score (nSPS) is 15.7. The monoisotopic (exact) mass is 169 g/mol. The summed E-state index contributed by atoms with van der Waals surface area (Å²) in [6, 6.07) is 5.44. The van der Waals surface area contributed by atoms with Crippen LogP contribution in [0.2, 0.25) is 0 Å². The summed E-state index contributed by atoms with van der Waals surface area (Å²) in [5.74, 6) is -0.354. The minimum Gasteiger partial charge on any atom is -0.387 e. The molecule has 3 heteroatoms. The van der Waals surface area contributed by atoms with Crippen molar-refractivity contribution < 1.29 is 9.50 Å². The highest BCUT2D eigenvalue weighted by molar-refractivity contribution is 5.19. The van der Waals surface area contributed by atoms with Gasteiger partial charge in [-0.05, 0) is 24.6 Å². The summed E-state index contributed by atoms with van der Waals surface area (Å²) in [6.07, 6.45) is -0.791. The molecule has 0 aliphatic heterocycles. The van der Waals surface area contributed by atoms with Crippen LogP contribution in [-0.4, -0.2) is 11.1 Å². The Kier molecular flexibility index (Phi) is 2.78. The maximum Gasteiger partial charge on any atom is 0.123 e. The molecule has 3 N–H and O–H groups in total. The fraction of sp³-hybridized carbons (Fsp3) is 0.333. The fourth-order valence-electron chi connectivity index (χ4n) is 0.994. The third kappa shape index (κ3) is 2.03. The molecule has 1 aromatic rings. The van der Waals surface area contributed by atoms with Gasteiger partial charge in [-0.2, -0.15) is 0 Å². The molecule has 66 valence electrons. The molecular formula is C9H12FNO. The molecule has 0 aliphatic carbocycles. The van der Waals surface area contributed by atoms with Gasteiger partial charge in [-0.15, -0.1) is 0 Å². The van der Waals surface area contributed by atoms with Crippen LogP contribution in [0.4, 0.5) is 4.39 Å². The number of aliphatic hydroxyl groups is 1. The number of hydrogen-bond donors (Lipinski definition) is 2. The maximum absolute atomic E-state index is 12.6. The smallest absolute Gasteiger partial charge is 0.123 e. The van der Waals surface area contributed by atoms with Gasteiger partial charge in [0.2, 0.25) is 0 Å². The van der Waals surface area contributed by atoms with Crippen molar-refractivity contribution in [1.82, 2.24) is 0 Å². The Bertz CT molecular complexity index is 262. The molecule has 0 bridgehead atoms. The molecular weight excluding hydrogens is 157 g/mol. The van der Waals surface area contributed by atoms with Gasteiger partial charge in [0.1, 0.15) is 5.82 Å². The number of rotatable bonds is 2. The van der Waals surface area contributed by atoms with Gasteiger partial charge in [0.05, 0.1) is 6.10 Å². The number of halogens is 1. The largest absolute Gasteiger partial charge is 0.387 e. The molecule has 0 radical (unpaired) electrons. The fourth-order valence-corrected chi connectivity index (χ4v) is 0.994. The second-order valence-corrected chi connectivity index (χ2v) is 2.86. The zero-order valence-corrected chi connectivity index (χ0v) is 6.87. The third-order valence-electron chi connectivity index (χ3n) is 1.69. The Morgan fingerprint density at radius 2 is 2.17 bits per heavy atom. The molecule has 1 rings (SSSR count). The Labute approximate surface area is 70.8 Å². The van der Waals surface area contributed by atoms with Crippen LogP contribution in [0.1, 0.15) is 18.6 Å². The lowest BCUT2D eigenvalue weighted by atomic mass is 10.0. The highest BCUT2D eigenvalue weighted by Gasteiger charge is 2.11. The summed E-state index contributed by atoms with van der Waals surface area (Å²) in [7, 11) is 0. The first-order valence-corrected chi connectivity index (χ1v) is 3.80. The first-order chi connectivity index (χ1) is 5.61. The average molecular weight is 169 g/mol. The molecule has 0 unspecified atom stereocenters. The molecule has 2 nitrogen and oxygen atoms in total. The minimum absolute atomic E-state index is 0.354. The van der Waals surface area contributed by atoms with Crippen molar-refractivity contribution in [2.45, 2.75) is 19.1 Å². The van der Waals surface area contributed by atoms with Crippen LogP contribution in [0.15, 0.2) is 24.3 Å². The average Bonchev–Trinajstić information content (AvgIpc) is 2.03. The van der Waals surface area contributed by atoms with Crippen molar-refractivity contribution in [2.24, 2.45) is 5.73 Å². The predicted octanol–water partition coefficient (Wildman–Crippen LogP) is 1.21. The van der Waals surface area contributed by atoms with E-state index in [9.17, 15) is 9.50 Å². The number of nitrogens with two attached hydrogens (primary N) is 1. The van der Waals surface area contributed by atoms with E-state index < -0.39 is 6.10 Å². The van der Waals surface area contributed by atoms with Crippen molar-refractivity contribution in [2.75, 3.05) is 0 Å². The van der Waals surface area contributed by atoms with E-state index in [1.807, 2.05) is 0 Å². The van der Waals surface area contributed by atoms with Crippen LogP contribution < -0.4 is 5.73 Å². The summed E-state index contributed by atoms with van der Waals surface area (Å²) in [5, 5.41) is 9.43. The van der Waals surface area contributed by atoms with Gasteiger partial charge < -0.3 is 10.8 Å². The Hall–Kier alpha value is -0.930. The molecule has 2 atom stereocenters. The van der Waals surface area contributed by atoms with E-state index in [0.717, 1.165) is 0 Å². The van der Waals surface area contributed by atoms with E-state index in [4.69, 9.17) is 5.73 Å². The van der Waals surface area contributed by atoms with E-state index in [2.05, 4.69) is 0 Å². The Morgan fingerprint density at radius 1 is 1.50 bits per heavy atom. The highest BCUT2D eigenvalue weighted by atomic mass is 19.1. The van der Waals surface area contributed by atoms with Gasteiger partial charge in [0.15, 0.2) is 0 Å². The molecule has 0 saturated carbocycles. The number of benzene rings is 1. The molecule has 0 fully saturated rings. The lowest BCUT2D eigenvalue weighted by Gasteiger charge is -2.14. The topological polar surface area (TPSA) is 46.2 Å². The third-order valence-corrected chi connectivity index (χ3v) is 1.69. The first-order valence-electron chi connectivity index (χ1n) is 3.80. The van der Waals surface area contributed by atoms with E-state index in [0.29, 0.717) is 5.56 Å². The lowest BCUT2D eigenvalue weighted by Crippen LogP contribution is -2.24. The molecule has 0 amide bonds. The summed E-state index contributed by atoms with van der Waals surface area (Å²) in [4.78, 5) is 0. The molecule has 0 aliphatic rings. The SMILES string of the molecule is C[C@H](N)[C@@H](O)c1cccc(F)c1. The summed E-state index contributed by atoms with van der Waals surface area (Å²) >= 11 is 0. The minimum atomic E-state index is -0.791. The molecule has 1 aromatic carbocycles. The van der Waals surface area contributed by atoms with E-state index >= 15 is 0 Å². The van der Waals surface area contributed by atoms with Gasteiger partial charge in [-0.3, -0.25) is 0 Å². The van der Waals surface area contributed by atoms with Crippen LogP contribution in [-0.2, 0) is 0 Å². The van der Waals surface area contributed by atoms with Crippen LogP contribution in [0, 0.1) is 5.82 Å². The van der Waals surface area contributed by atoms with Crippen molar-refractivity contribution >= 4 is 0 Å². The maximum atomic E-state index is 12.6. The van der Waals surface area contributed by atoms with Crippen molar-refractivity contribution in [3.05, 3.63) is 35.6 Å². The van der Waals surface area contributed by atoms with Crippen LogP contribution in [0.5, 0.6) is 0 Å². The molecule has 0 spiro atoms. The van der Waals surface area contributed by atoms with Gasteiger partial charge in [-0.25, -0.2) is 4.39 Å². The molecule has 0 saturated heterocycles. The van der Waals surface area contributed by atoms with Crippen LogP contribution in [0.25, 0.3) is 0 Å². The van der Waals surface area contributed by atoms with Crippen molar-refractivity contribution in [3.8, 4) is 0 Å². The Balaban J connectivity index is 2.88. The van der Waals surface area contributed by atoms with Crippen molar-refractivity contribution in [1.29, 1.82) is 0 Å². The standard InChI is InChI=1S/C9H12FNO/c1-6(11)9(12)7-3-2-4-8(10)5-7/h2-6,9,12H,11H2,1H3/t6-,9+/m0/s1. The van der Waals surface area contributed by atoms with Crippen LogP contribution >= 0.6 is 0 Å². The van der Waals surface area contributed by atoms with Crippen LogP contribution in [0.3, 0.4) is 0 Å². The van der Waals surface area contributed by atoms with E-state index in [1.54, 1.807) is 19.1 Å². The van der Waals surface area contributed by atoms with Gasteiger partial charge in [0.25, 0.3) is 0 Å². The van der Waals surface area contributed by atoms with E-state index in [-0.39, 0.29) is 11.9 Å². The summed E-state index contributed by atoms with van der Waals surface area (Å²) in [5.41, 5.74) is 5.96. The summed E-state index contributed by atoms with van der Waals surface area (Å²) < 4.78 is 12.6. The number of aliphatic hydroxyl groups excluding tert-OH is 1. The van der Waals surface area contributed by atoms with E-state index in [1.165, 1.54) is 12.1 Å². The quantitative estimate of drug-likeness (QED) is 0.699. The second kappa shape index (κ2) is 3.65. The zero-order valence-electron chi connectivity index (χ0n) is 6.87.